The molecule has 1 heterocycles. The molecule has 3 heteroatoms. The van der Waals surface area contributed by atoms with E-state index >= 15 is 0 Å². The van der Waals surface area contributed by atoms with Crippen LogP contribution in [-0.2, 0) is 6.42 Å². The summed E-state index contributed by atoms with van der Waals surface area (Å²) in [7, 11) is 2.13. The van der Waals surface area contributed by atoms with E-state index in [-0.39, 0.29) is 0 Å². The number of anilines is 1. The van der Waals surface area contributed by atoms with Gasteiger partial charge >= 0.3 is 0 Å². The van der Waals surface area contributed by atoms with Gasteiger partial charge in [0.05, 0.1) is 0 Å². The summed E-state index contributed by atoms with van der Waals surface area (Å²) in [5.41, 5.74) is 2.82. The summed E-state index contributed by atoms with van der Waals surface area (Å²) >= 11 is 1.98. The van der Waals surface area contributed by atoms with Crippen LogP contribution in [0.3, 0.4) is 0 Å². The van der Waals surface area contributed by atoms with Gasteiger partial charge in [-0.05, 0) is 55.2 Å². The number of benzene rings is 1. The molecule has 17 heavy (non-hydrogen) atoms. The summed E-state index contributed by atoms with van der Waals surface area (Å²) in [4.78, 5) is 3.75. The first-order valence-corrected chi connectivity index (χ1v) is 7.37. The molecular weight excluding hydrogens is 230 g/mol. The zero-order valence-electron chi connectivity index (χ0n) is 10.5. The standard InChI is InChI=1S/C14H21NOS/c1-15(8-2-3-9-16)13-6-7-14-12(11-13)5-4-10-17-14/h6-7,11,16H,2-5,8-10H2,1H3. The molecule has 0 bridgehead atoms. The second-order valence-corrected chi connectivity index (χ2v) is 5.73. The minimum Gasteiger partial charge on any atom is -0.396 e. The normalized spacial score (nSPS) is 14.5. The zero-order valence-corrected chi connectivity index (χ0v) is 11.3. The number of aliphatic hydroxyl groups is 1. The SMILES string of the molecule is CN(CCCCO)c1ccc2c(c1)CCCS2. The first-order valence-electron chi connectivity index (χ1n) is 6.39. The number of unbranched alkanes of at least 4 members (excludes halogenated alkanes) is 1. The van der Waals surface area contributed by atoms with Crippen LogP contribution in [0.1, 0.15) is 24.8 Å². The fourth-order valence-electron chi connectivity index (χ4n) is 2.17. The van der Waals surface area contributed by atoms with E-state index in [9.17, 15) is 0 Å². The van der Waals surface area contributed by atoms with Crippen molar-refractivity contribution < 1.29 is 5.11 Å². The monoisotopic (exact) mass is 251 g/mol. The van der Waals surface area contributed by atoms with Gasteiger partial charge in [-0.15, -0.1) is 11.8 Å². The summed E-state index contributed by atoms with van der Waals surface area (Å²) in [6.45, 7) is 1.32. The average molecular weight is 251 g/mol. The van der Waals surface area contributed by atoms with Crippen molar-refractivity contribution in [3.05, 3.63) is 23.8 Å². The molecule has 0 fully saturated rings. The molecule has 1 aromatic carbocycles. The molecule has 0 amide bonds. The molecule has 0 saturated carbocycles. The molecule has 0 radical (unpaired) electrons. The van der Waals surface area contributed by atoms with E-state index in [1.807, 2.05) is 11.8 Å². The van der Waals surface area contributed by atoms with E-state index < -0.39 is 0 Å². The Morgan fingerprint density at radius 2 is 2.24 bits per heavy atom. The highest BCUT2D eigenvalue weighted by Gasteiger charge is 2.11. The fourth-order valence-corrected chi connectivity index (χ4v) is 3.19. The first kappa shape index (κ1) is 12.8. The highest BCUT2D eigenvalue weighted by atomic mass is 32.2. The van der Waals surface area contributed by atoms with Crippen molar-refractivity contribution in [2.45, 2.75) is 30.6 Å². The zero-order chi connectivity index (χ0) is 12.1. The van der Waals surface area contributed by atoms with Crippen LogP contribution in [0.15, 0.2) is 23.1 Å². The number of aryl methyl sites for hydroxylation is 1. The van der Waals surface area contributed by atoms with Crippen LogP contribution in [0, 0.1) is 0 Å². The Balaban J connectivity index is 2.00. The van der Waals surface area contributed by atoms with Gasteiger partial charge in [0, 0.05) is 30.8 Å². The molecule has 0 aliphatic carbocycles. The molecule has 0 spiro atoms. The van der Waals surface area contributed by atoms with Gasteiger partial charge in [-0.3, -0.25) is 0 Å². The second-order valence-electron chi connectivity index (χ2n) is 4.60. The van der Waals surface area contributed by atoms with Gasteiger partial charge in [0.2, 0.25) is 0 Å². The molecule has 0 aromatic heterocycles. The van der Waals surface area contributed by atoms with Crippen molar-refractivity contribution in [1.82, 2.24) is 0 Å². The number of fused-ring (bicyclic) bond motifs is 1. The van der Waals surface area contributed by atoms with Crippen LogP contribution in [-0.4, -0.2) is 31.1 Å². The van der Waals surface area contributed by atoms with Gasteiger partial charge < -0.3 is 10.0 Å². The summed E-state index contributed by atoms with van der Waals surface area (Å²) in [5, 5.41) is 8.79. The number of nitrogens with zero attached hydrogens (tertiary/aromatic N) is 1. The lowest BCUT2D eigenvalue weighted by atomic mass is 10.1. The third-order valence-corrected chi connectivity index (χ3v) is 4.44. The molecule has 1 aromatic rings. The maximum absolute atomic E-state index is 8.79. The second kappa shape index (κ2) is 6.31. The molecular formula is C14H21NOS. The lowest BCUT2D eigenvalue weighted by Crippen LogP contribution is -2.19. The average Bonchev–Trinajstić information content (AvgIpc) is 2.38. The Hall–Kier alpha value is -0.670. The van der Waals surface area contributed by atoms with Crippen LogP contribution < -0.4 is 4.90 Å². The summed E-state index contributed by atoms with van der Waals surface area (Å²) in [6, 6.07) is 6.81. The molecule has 1 aliphatic rings. The van der Waals surface area contributed by atoms with Gasteiger partial charge in [0.1, 0.15) is 0 Å². The van der Waals surface area contributed by atoms with Crippen LogP contribution in [0.25, 0.3) is 0 Å². The Kier molecular flexibility index (Phi) is 4.75. The minimum atomic E-state index is 0.300. The van der Waals surface area contributed by atoms with Gasteiger partial charge in [0.15, 0.2) is 0 Å². The van der Waals surface area contributed by atoms with Gasteiger partial charge in [-0.25, -0.2) is 0 Å². The third-order valence-electron chi connectivity index (χ3n) is 3.23. The van der Waals surface area contributed by atoms with E-state index in [0.29, 0.717) is 6.61 Å². The lowest BCUT2D eigenvalue weighted by Gasteiger charge is -2.22. The van der Waals surface area contributed by atoms with Crippen molar-refractivity contribution in [3.63, 3.8) is 0 Å². The number of aliphatic hydroxyl groups excluding tert-OH is 1. The number of rotatable bonds is 5. The van der Waals surface area contributed by atoms with E-state index in [1.165, 1.54) is 34.7 Å². The Bertz CT molecular complexity index is 367. The quantitative estimate of drug-likeness (QED) is 0.814. The molecule has 2 rings (SSSR count). The predicted molar refractivity (Wildman–Crippen MR) is 75.1 cm³/mol. The molecule has 1 N–H and O–H groups in total. The highest BCUT2D eigenvalue weighted by molar-refractivity contribution is 7.99. The summed E-state index contributed by atoms with van der Waals surface area (Å²) in [5.74, 6) is 1.26. The van der Waals surface area contributed by atoms with Crippen molar-refractivity contribution in [2.75, 3.05) is 30.9 Å². The number of hydrogen-bond donors (Lipinski definition) is 1. The van der Waals surface area contributed by atoms with E-state index in [2.05, 4.69) is 30.1 Å². The fraction of sp³-hybridized carbons (Fsp3) is 0.571. The summed E-state index contributed by atoms with van der Waals surface area (Å²) < 4.78 is 0. The molecule has 0 saturated heterocycles. The molecule has 94 valence electrons. The largest absolute Gasteiger partial charge is 0.396 e. The van der Waals surface area contributed by atoms with Gasteiger partial charge in [-0.1, -0.05) is 0 Å². The van der Waals surface area contributed by atoms with Crippen molar-refractivity contribution in [3.8, 4) is 0 Å². The smallest absolute Gasteiger partial charge is 0.0431 e. The molecule has 2 nitrogen and oxygen atoms in total. The predicted octanol–water partition coefficient (Wildman–Crippen LogP) is 2.93. The van der Waals surface area contributed by atoms with E-state index in [0.717, 1.165) is 19.4 Å². The van der Waals surface area contributed by atoms with Crippen molar-refractivity contribution in [2.24, 2.45) is 0 Å². The first-order chi connectivity index (χ1) is 8.31. The lowest BCUT2D eigenvalue weighted by molar-refractivity contribution is 0.285. The van der Waals surface area contributed by atoms with Crippen molar-refractivity contribution >= 4 is 17.4 Å². The molecule has 0 atom stereocenters. The summed E-state index contributed by atoms with van der Waals surface area (Å²) in [6.07, 6.45) is 4.47. The Labute approximate surface area is 108 Å². The molecule has 1 aliphatic heterocycles. The highest BCUT2D eigenvalue weighted by Crippen LogP contribution is 2.32. The maximum atomic E-state index is 8.79. The maximum Gasteiger partial charge on any atom is 0.0431 e. The van der Waals surface area contributed by atoms with Crippen LogP contribution >= 0.6 is 11.8 Å². The third kappa shape index (κ3) is 3.39. The van der Waals surface area contributed by atoms with Crippen LogP contribution in [0.2, 0.25) is 0 Å². The van der Waals surface area contributed by atoms with Crippen LogP contribution in [0.5, 0.6) is 0 Å². The van der Waals surface area contributed by atoms with E-state index in [1.54, 1.807) is 0 Å². The topological polar surface area (TPSA) is 23.5 Å². The van der Waals surface area contributed by atoms with Crippen LogP contribution in [0.4, 0.5) is 5.69 Å². The van der Waals surface area contributed by atoms with E-state index in [4.69, 9.17) is 5.11 Å². The van der Waals surface area contributed by atoms with Gasteiger partial charge in [0.25, 0.3) is 0 Å². The minimum absolute atomic E-state index is 0.300. The Morgan fingerprint density at radius 3 is 3.06 bits per heavy atom. The van der Waals surface area contributed by atoms with Crippen molar-refractivity contribution in [1.29, 1.82) is 0 Å². The van der Waals surface area contributed by atoms with Gasteiger partial charge in [-0.2, -0.15) is 0 Å². The number of hydrogen-bond acceptors (Lipinski definition) is 3. The Morgan fingerprint density at radius 1 is 1.35 bits per heavy atom. The number of thioether (sulfide) groups is 1. The molecule has 0 unspecified atom stereocenters.